The fourth-order valence-electron chi connectivity index (χ4n) is 2.72. The lowest BCUT2D eigenvalue weighted by molar-refractivity contribution is -0.383. The Hall–Kier alpha value is -2.92. The Bertz CT molecular complexity index is 1020. The lowest BCUT2D eigenvalue weighted by Gasteiger charge is -2.11. The van der Waals surface area contributed by atoms with E-state index in [1.807, 2.05) is 0 Å². The second-order valence-electron chi connectivity index (χ2n) is 5.00. The van der Waals surface area contributed by atoms with Crippen LogP contribution < -0.4 is 10.0 Å². The molecule has 24 heavy (non-hydrogen) atoms. The molecular formula is C13H10N4O6S. The molecule has 11 heteroatoms. The molecule has 0 fully saturated rings. The molecule has 1 aliphatic heterocycles. The maximum atomic E-state index is 12.2. The predicted octanol–water partition coefficient (Wildman–Crippen LogP) is 1.42. The fourth-order valence-corrected chi connectivity index (χ4v) is 3.68. The van der Waals surface area contributed by atoms with Crippen LogP contribution in [0.3, 0.4) is 0 Å². The Balaban J connectivity index is 2.51. The number of hydrogen-bond donors (Lipinski definition) is 2. The van der Waals surface area contributed by atoms with E-state index in [0.717, 1.165) is 6.07 Å². The SMILES string of the molecule is CNS(=O)(=O)c1cccc2c3c(cc([N+](=O)[O-])c12)C(N=O)C(=O)N3. The molecule has 1 aliphatic rings. The van der Waals surface area contributed by atoms with Crippen LogP contribution in [0.5, 0.6) is 0 Å². The first-order chi connectivity index (χ1) is 11.3. The molecule has 0 saturated carbocycles. The summed E-state index contributed by atoms with van der Waals surface area (Å²) in [6, 6.07) is 3.65. The van der Waals surface area contributed by atoms with Gasteiger partial charge in [0.05, 0.1) is 20.9 Å². The summed E-state index contributed by atoms with van der Waals surface area (Å²) in [5.41, 5.74) is -0.324. The van der Waals surface area contributed by atoms with E-state index in [2.05, 4.69) is 15.2 Å². The van der Waals surface area contributed by atoms with Crippen molar-refractivity contribution in [3.8, 4) is 0 Å². The molecule has 10 nitrogen and oxygen atoms in total. The van der Waals surface area contributed by atoms with Gasteiger partial charge < -0.3 is 5.32 Å². The maximum Gasteiger partial charge on any atom is 0.279 e. The zero-order valence-corrected chi connectivity index (χ0v) is 13.0. The summed E-state index contributed by atoms with van der Waals surface area (Å²) in [5, 5.41) is 16.6. The van der Waals surface area contributed by atoms with Crippen LogP contribution in [-0.4, -0.2) is 26.3 Å². The number of amides is 1. The van der Waals surface area contributed by atoms with E-state index >= 15 is 0 Å². The lowest BCUT2D eigenvalue weighted by atomic mass is 10.0. The van der Waals surface area contributed by atoms with Crippen LogP contribution in [0.2, 0.25) is 0 Å². The number of benzene rings is 2. The Kier molecular flexibility index (Phi) is 3.53. The van der Waals surface area contributed by atoms with Gasteiger partial charge >= 0.3 is 0 Å². The number of hydrogen-bond acceptors (Lipinski definition) is 7. The fraction of sp³-hybridized carbons (Fsp3) is 0.154. The van der Waals surface area contributed by atoms with Gasteiger partial charge in [-0.25, -0.2) is 13.1 Å². The van der Waals surface area contributed by atoms with Crippen LogP contribution >= 0.6 is 0 Å². The first kappa shape index (κ1) is 16.0. The predicted molar refractivity (Wildman–Crippen MR) is 84.0 cm³/mol. The number of nitroso groups, excluding NO2 is 1. The van der Waals surface area contributed by atoms with E-state index < -0.39 is 32.6 Å². The first-order valence-electron chi connectivity index (χ1n) is 6.62. The van der Waals surface area contributed by atoms with Crippen molar-refractivity contribution in [2.75, 3.05) is 12.4 Å². The number of nitrogens with zero attached hydrogens (tertiary/aromatic N) is 2. The van der Waals surface area contributed by atoms with Gasteiger partial charge in [0.1, 0.15) is 0 Å². The van der Waals surface area contributed by atoms with Crippen molar-refractivity contribution in [3.05, 3.63) is 44.9 Å². The van der Waals surface area contributed by atoms with E-state index in [-0.39, 0.29) is 26.9 Å². The normalized spacial score (nSPS) is 16.7. The van der Waals surface area contributed by atoms with Gasteiger partial charge in [0.25, 0.3) is 11.6 Å². The van der Waals surface area contributed by atoms with Gasteiger partial charge in [0, 0.05) is 17.0 Å². The molecule has 2 N–H and O–H groups in total. The molecule has 0 saturated heterocycles. The van der Waals surface area contributed by atoms with E-state index in [0.29, 0.717) is 0 Å². The number of anilines is 1. The number of nitro groups is 1. The van der Waals surface area contributed by atoms with E-state index in [4.69, 9.17) is 0 Å². The second-order valence-corrected chi connectivity index (χ2v) is 6.86. The van der Waals surface area contributed by atoms with Crippen molar-refractivity contribution >= 4 is 38.1 Å². The molecular weight excluding hydrogens is 340 g/mol. The summed E-state index contributed by atoms with van der Waals surface area (Å²) in [6.45, 7) is 0. The number of nitro benzene ring substituents is 1. The van der Waals surface area contributed by atoms with E-state index in [9.17, 15) is 28.2 Å². The summed E-state index contributed by atoms with van der Waals surface area (Å²) in [7, 11) is -2.80. The van der Waals surface area contributed by atoms with Gasteiger partial charge in [-0.05, 0) is 13.1 Å². The molecule has 1 heterocycles. The summed E-state index contributed by atoms with van der Waals surface area (Å²) in [4.78, 5) is 33.1. The zero-order chi connectivity index (χ0) is 17.6. The highest BCUT2D eigenvalue weighted by atomic mass is 32.2. The third kappa shape index (κ3) is 2.13. The summed E-state index contributed by atoms with van der Waals surface area (Å²) < 4.78 is 26.5. The summed E-state index contributed by atoms with van der Waals surface area (Å²) >= 11 is 0. The van der Waals surface area contributed by atoms with Crippen LogP contribution in [0, 0.1) is 15.0 Å². The van der Waals surface area contributed by atoms with Gasteiger partial charge in [-0.2, -0.15) is 0 Å². The smallest absolute Gasteiger partial charge is 0.279 e. The average Bonchev–Trinajstić information content (AvgIpc) is 2.88. The molecule has 2 aromatic rings. The number of carbonyl (C=O) groups excluding carboxylic acids is 1. The largest absolute Gasteiger partial charge is 0.323 e. The first-order valence-corrected chi connectivity index (χ1v) is 8.11. The zero-order valence-electron chi connectivity index (χ0n) is 12.1. The number of sulfonamides is 1. The highest BCUT2D eigenvalue weighted by Gasteiger charge is 2.37. The molecule has 3 rings (SSSR count). The lowest BCUT2D eigenvalue weighted by Crippen LogP contribution is -2.19. The molecule has 1 atom stereocenters. The molecule has 0 radical (unpaired) electrons. The number of rotatable bonds is 4. The summed E-state index contributed by atoms with van der Waals surface area (Å²) in [6.07, 6.45) is 0. The molecule has 1 unspecified atom stereocenters. The Morgan fingerprint density at radius 3 is 2.67 bits per heavy atom. The Labute approximate surface area is 135 Å². The molecule has 0 spiro atoms. The molecule has 1 amide bonds. The Morgan fingerprint density at radius 2 is 2.08 bits per heavy atom. The highest BCUT2D eigenvalue weighted by Crippen LogP contribution is 2.44. The van der Waals surface area contributed by atoms with Crippen molar-refractivity contribution in [3.63, 3.8) is 0 Å². The maximum absolute atomic E-state index is 12.2. The minimum Gasteiger partial charge on any atom is -0.323 e. The van der Waals surface area contributed by atoms with Crippen LogP contribution in [-0.2, 0) is 14.8 Å². The summed E-state index contributed by atoms with van der Waals surface area (Å²) in [5.74, 6) is -0.719. The van der Waals surface area contributed by atoms with Crippen LogP contribution in [0.15, 0.2) is 34.3 Å². The molecule has 124 valence electrons. The van der Waals surface area contributed by atoms with Crippen molar-refractivity contribution in [1.29, 1.82) is 0 Å². The molecule has 2 aromatic carbocycles. The third-order valence-electron chi connectivity index (χ3n) is 3.78. The highest BCUT2D eigenvalue weighted by molar-refractivity contribution is 7.89. The number of fused-ring (bicyclic) bond motifs is 3. The molecule has 0 aromatic heterocycles. The van der Waals surface area contributed by atoms with Crippen molar-refractivity contribution < 1.29 is 18.1 Å². The average molecular weight is 350 g/mol. The standard InChI is InChI=1S/C13H10N4O6S/c1-14-24(22,23)9-4-2-3-6-10(9)8(17(20)21)5-7-11(6)15-13(18)12(7)16-19/h2-5,12,14H,1H3,(H,15,18). The van der Waals surface area contributed by atoms with Crippen molar-refractivity contribution in [2.45, 2.75) is 10.9 Å². The minimum atomic E-state index is -3.98. The van der Waals surface area contributed by atoms with Crippen LogP contribution in [0.1, 0.15) is 11.6 Å². The van der Waals surface area contributed by atoms with Gasteiger partial charge in [-0.3, -0.25) is 14.9 Å². The van der Waals surface area contributed by atoms with Gasteiger partial charge in [0.2, 0.25) is 10.0 Å². The molecule has 0 bridgehead atoms. The number of nitrogens with one attached hydrogen (secondary N) is 2. The van der Waals surface area contributed by atoms with Crippen LogP contribution in [0.25, 0.3) is 10.8 Å². The Morgan fingerprint density at radius 1 is 1.38 bits per heavy atom. The van der Waals surface area contributed by atoms with Crippen LogP contribution in [0.4, 0.5) is 11.4 Å². The number of non-ortho nitro benzene ring substituents is 1. The third-order valence-corrected chi connectivity index (χ3v) is 5.24. The van der Waals surface area contributed by atoms with Crippen molar-refractivity contribution in [2.24, 2.45) is 5.18 Å². The van der Waals surface area contributed by atoms with Gasteiger partial charge in [0.15, 0.2) is 6.04 Å². The topological polar surface area (TPSA) is 148 Å². The van der Waals surface area contributed by atoms with E-state index in [1.54, 1.807) is 0 Å². The number of carbonyl (C=O) groups is 1. The van der Waals surface area contributed by atoms with Gasteiger partial charge in [-0.15, -0.1) is 4.91 Å². The second kappa shape index (κ2) is 5.32. The molecule has 0 aliphatic carbocycles. The minimum absolute atomic E-state index is 0.0493. The van der Waals surface area contributed by atoms with Crippen molar-refractivity contribution in [1.82, 2.24) is 4.72 Å². The quantitative estimate of drug-likeness (QED) is 0.484. The van der Waals surface area contributed by atoms with Gasteiger partial charge in [-0.1, -0.05) is 17.3 Å². The monoisotopic (exact) mass is 350 g/mol. The van der Waals surface area contributed by atoms with E-state index in [1.165, 1.54) is 25.2 Å².